The van der Waals surface area contributed by atoms with Gasteiger partial charge in [0.15, 0.2) is 0 Å². The van der Waals surface area contributed by atoms with Crippen LogP contribution in [-0.4, -0.2) is 57.8 Å². The fraction of sp³-hybridized carbons (Fsp3) is 0.367. The number of imidazole rings is 1. The number of anilines is 1. The molecule has 2 aromatic carbocycles. The first-order valence-corrected chi connectivity index (χ1v) is 13.3. The van der Waals surface area contributed by atoms with Gasteiger partial charge >= 0.3 is 0 Å². The zero-order chi connectivity index (χ0) is 25.9. The molecule has 0 amide bonds. The van der Waals surface area contributed by atoms with Crippen LogP contribution in [0, 0.1) is 11.3 Å². The van der Waals surface area contributed by atoms with Crippen LogP contribution in [0.25, 0.3) is 11.0 Å². The van der Waals surface area contributed by atoms with E-state index in [-0.39, 0.29) is 6.10 Å². The third kappa shape index (κ3) is 5.21. The zero-order valence-electron chi connectivity index (χ0n) is 21.7. The number of piperazine rings is 1. The maximum Gasteiger partial charge on any atom is 0.215 e. The van der Waals surface area contributed by atoms with Crippen LogP contribution in [0.4, 0.5) is 5.82 Å². The number of hydrogen-bond acceptors (Lipinski definition) is 7. The Morgan fingerprint density at radius 3 is 2.63 bits per heavy atom. The van der Waals surface area contributed by atoms with Gasteiger partial charge in [0.2, 0.25) is 5.88 Å². The van der Waals surface area contributed by atoms with Crippen LogP contribution in [0.3, 0.4) is 0 Å². The number of nitriles is 1. The highest BCUT2D eigenvalue weighted by atomic mass is 16.5. The van der Waals surface area contributed by atoms with Crippen LogP contribution < -0.4 is 9.64 Å². The Morgan fingerprint density at radius 2 is 1.87 bits per heavy atom. The number of benzene rings is 2. The van der Waals surface area contributed by atoms with Gasteiger partial charge in [0.1, 0.15) is 18.2 Å². The van der Waals surface area contributed by atoms with Crippen molar-refractivity contribution in [1.82, 2.24) is 19.4 Å². The summed E-state index contributed by atoms with van der Waals surface area (Å²) < 4.78 is 14.1. The summed E-state index contributed by atoms with van der Waals surface area (Å²) in [6.07, 6.45) is 1.41. The van der Waals surface area contributed by atoms with Crippen LogP contribution in [-0.2, 0) is 24.4 Å². The van der Waals surface area contributed by atoms with E-state index in [1.807, 2.05) is 24.3 Å². The Hall–Kier alpha value is -3.93. The number of ether oxygens (including phenoxy) is 2. The van der Waals surface area contributed by atoms with E-state index < -0.39 is 0 Å². The Kier molecular flexibility index (Phi) is 6.95. The van der Waals surface area contributed by atoms with E-state index in [4.69, 9.17) is 24.7 Å². The molecule has 2 aromatic heterocycles. The molecule has 0 N–H and O–H groups in total. The lowest BCUT2D eigenvalue weighted by Gasteiger charge is -2.40. The Bertz CT molecular complexity index is 1440. The second kappa shape index (κ2) is 10.8. The molecule has 2 aliphatic rings. The molecule has 194 valence electrons. The highest BCUT2D eigenvalue weighted by Crippen LogP contribution is 2.25. The summed E-state index contributed by atoms with van der Waals surface area (Å²) in [6, 6.07) is 24.3. The molecule has 2 fully saturated rings. The molecule has 0 bridgehead atoms. The molecule has 2 saturated heterocycles. The average molecular weight is 509 g/mol. The lowest BCUT2D eigenvalue weighted by molar-refractivity contribution is -0.0592. The number of para-hydroxylation sites is 2. The molecule has 38 heavy (non-hydrogen) atoms. The van der Waals surface area contributed by atoms with E-state index in [1.54, 1.807) is 12.1 Å². The minimum Gasteiger partial charge on any atom is -0.473 e. The summed E-state index contributed by atoms with van der Waals surface area (Å²) in [5.74, 6) is 2.65. The summed E-state index contributed by atoms with van der Waals surface area (Å²) in [4.78, 5) is 14.6. The van der Waals surface area contributed by atoms with Crippen molar-refractivity contribution in [3.05, 3.63) is 83.7 Å². The number of fused-ring (bicyclic) bond motifs is 1. The van der Waals surface area contributed by atoms with Crippen molar-refractivity contribution in [2.24, 2.45) is 0 Å². The van der Waals surface area contributed by atoms with Gasteiger partial charge in [0, 0.05) is 38.3 Å². The lowest BCUT2D eigenvalue weighted by Crippen LogP contribution is -2.52. The normalized spacial score (nSPS) is 19.7. The summed E-state index contributed by atoms with van der Waals surface area (Å²) in [5, 5.41) is 8.98. The molecule has 0 unspecified atom stereocenters. The molecular weight excluding hydrogens is 476 g/mol. The fourth-order valence-electron chi connectivity index (χ4n) is 5.20. The Morgan fingerprint density at radius 1 is 1.03 bits per heavy atom. The molecule has 4 heterocycles. The van der Waals surface area contributed by atoms with Crippen LogP contribution >= 0.6 is 0 Å². The van der Waals surface area contributed by atoms with Crippen molar-refractivity contribution >= 4 is 16.9 Å². The van der Waals surface area contributed by atoms with E-state index in [0.717, 1.165) is 68.5 Å². The predicted octanol–water partition coefficient (Wildman–Crippen LogP) is 4.38. The Labute approximate surface area is 223 Å². The minimum absolute atomic E-state index is 0.290. The first-order valence-electron chi connectivity index (χ1n) is 13.3. The number of hydrogen-bond donors (Lipinski definition) is 0. The standard InChI is InChI=1S/C30H32N6O2/c1-22-18-35(28-7-4-8-30(33-28)38-21-24-11-9-23(17-31)10-12-24)15-14-34(22)20-29-32-26-5-2-3-6-27(26)36(29)19-25-13-16-37-25/h2-12,22,25H,13-16,18-21H2,1H3/t22-,25-/m0/s1. The fourth-order valence-corrected chi connectivity index (χ4v) is 5.20. The first-order chi connectivity index (χ1) is 18.7. The molecule has 8 heteroatoms. The highest BCUT2D eigenvalue weighted by molar-refractivity contribution is 5.75. The van der Waals surface area contributed by atoms with Crippen molar-refractivity contribution in [3.63, 3.8) is 0 Å². The molecule has 6 rings (SSSR count). The second-order valence-electron chi connectivity index (χ2n) is 10.1. The summed E-state index contributed by atoms with van der Waals surface area (Å²) in [5.41, 5.74) is 3.89. The predicted molar refractivity (Wildman–Crippen MR) is 146 cm³/mol. The van der Waals surface area contributed by atoms with Crippen molar-refractivity contribution in [3.8, 4) is 11.9 Å². The van der Waals surface area contributed by atoms with Crippen LogP contribution in [0.2, 0.25) is 0 Å². The van der Waals surface area contributed by atoms with Crippen LogP contribution in [0.1, 0.15) is 30.3 Å². The third-order valence-electron chi connectivity index (χ3n) is 7.53. The van der Waals surface area contributed by atoms with Gasteiger partial charge < -0.3 is 18.9 Å². The van der Waals surface area contributed by atoms with E-state index in [0.29, 0.717) is 24.1 Å². The maximum atomic E-state index is 8.98. The number of nitrogens with zero attached hydrogens (tertiary/aromatic N) is 6. The van der Waals surface area contributed by atoms with Gasteiger partial charge in [-0.25, -0.2) is 4.98 Å². The maximum absolute atomic E-state index is 8.98. The highest BCUT2D eigenvalue weighted by Gasteiger charge is 2.28. The first kappa shape index (κ1) is 24.4. The Balaban J connectivity index is 1.10. The van der Waals surface area contributed by atoms with Gasteiger partial charge in [-0.1, -0.05) is 30.3 Å². The molecule has 0 aliphatic carbocycles. The number of rotatable bonds is 8. The summed E-state index contributed by atoms with van der Waals surface area (Å²) in [6.45, 7) is 7.95. The third-order valence-corrected chi connectivity index (χ3v) is 7.53. The van der Waals surface area contributed by atoms with E-state index in [1.165, 1.54) is 5.52 Å². The topological polar surface area (TPSA) is 79.4 Å². The molecule has 8 nitrogen and oxygen atoms in total. The summed E-state index contributed by atoms with van der Waals surface area (Å²) in [7, 11) is 0. The van der Waals surface area contributed by atoms with E-state index in [2.05, 4.69) is 57.7 Å². The van der Waals surface area contributed by atoms with Crippen molar-refractivity contribution in [2.75, 3.05) is 31.1 Å². The number of pyridine rings is 1. The van der Waals surface area contributed by atoms with Crippen LogP contribution in [0.15, 0.2) is 66.7 Å². The SMILES string of the molecule is C[C@H]1CN(c2cccc(OCc3ccc(C#N)cc3)n2)CCN1Cc1nc2ccccc2n1C[C@@H]1CCO1. The van der Waals surface area contributed by atoms with Crippen molar-refractivity contribution in [2.45, 2.75) is 45.2 Å². The van der Waals surface area contributed by atoms with Gasteiger partial charge in [0.05, 0.1) is 41.9 Å². The van der Waals surface area contributed by atoms with Gasteiger partial charge in [0.25, 0.3) is 0 Å². The molecule has 0 spiro atoms. The smallest absolute Gasteiger partial charge is 0.215 e. The minimum atomic E-state index is 0.290. The molecule has 2 aliphatic heterocycles. The average Bonchev–Trinajstić information content (AvgIpc) is 3.27. The lowest BCUT2D eigenvalue weighted by atomic mass is 10.1. The molecule has 0 radical (unpaired) electrons. The van der Waals surface area contributed by atoms with Crippen molar-refractivity contribution in [1.29, 1.82) is 5.26 Å². The van der Waals surface area contributed by atoms with E-state index >= 15 is 0 Å². The second-order valence-corrected chi connectivity index (χ2v) is 10.1. The van der Waals surface area contributed by atoms with Crippen LogP contribution in [0.5, 0.6) is 5.88 Å². The monoisotopic (exact) mass is 508 g/mol. The number of aromatic nitrogens is 3. The summed E-state index contributed by atoms with van der Waals surface area (Å²) >= 11 is 0. The molecule has 2 atom stereocenters. The van der Waals surface area contributed by atoms with E-state index in [9.17, 15) is 0 Å². The van der Waals surface area contributed by atoms with Gasteiger partial charge in [-0.3, -0.25) is 4.90 Å². The molecular formula is C30H32N6O2. The molecule has 0 saturated carbocycles. The van der Waals surface area contributed by atoms with Crippen molar-refractivity contribution < 1.29 is 9.47 Å². The molecule has 4 aromatic rings. The quantitative estimate of drug-likeness (QED) is 0.349. The van der Waals surface area contributed by atoms with Gasteiger partial charge in [-0.2, -0.15) is 10.2 Å². The van der Waals surface area contributed by atoms with Gasteiger partial charge in [-0.15, -0.1) is 0 Å². The van der Waals surface area contributed by atoms with Gasteiger partial charge in [-0.05, 0) is 49.2 Å². The largest absolute Gasteiger partial charge is 0.473 e. The zero-order valence-corrected chi connectivity index (χ0v) is 21.7.